The largest absolute Gasteiger partial charge is 0.324 e. The van der Waals surface area contributed by atoms with Gasteiger partial charge in [-0.15, -0.1) is 0 Å². The predicted octanol–water partition coefficient (Wildman–Crippen LogP) is 3.20. The summed E-state index contributed by atoms with van der Waals surface area (Å²) in [6.45, 7) is 4.11. The monoisotopic (exact) mass is 324 g/mol. The van der Waals surface area contributed by atoms with Crippen LogP contribution in [0.5, 0.6) is 0 Å². The molecule has 122 valence electrons. The minimum Gasteiger partial charge on any atom is -0.324 e. The predicted molar refractivity (Wildman–Crippen MR) is 90.9 cm³/mol. The number of fused-ring (bicyclic) bond motifs is 1. The number of nitro groups is 1. The van der Waals surface area contributed by atoms with Crippen LogP contribution in [0.15, 0.2) is 42.7 Å². The van der Waals surface area contributed by atoms with Crippen LogP contribution < -0.4 is 5.32 Å². The van der Waals surface area contributed by atoms with Crippen LogP contribution in [0.3, 0.4) is 0 Å². The van der Waals surface area contributed by atoms with Crippen LogP contribution in [-0.2, 0) is 11.3 Å². The molecule has 0 saturated heterocycles. The van der Waals surface area contributed by atoms with Crippen LogP contribution in [-0.4, -0.2) is 20.4 Å². The first-order valence-electron chi connectivity index (χ1n) is 7.40. The van der Waals surface area contributed by atoms with E-state index < -0.39 is 4.92 Å². The second-order valence-electron chi connectivity index (χ2n) is 5.65. The highest BCUT2D eigenvalue weighted by molar-refractivity contribution is 5.92. The smallest absolute Gasteiger partial charge is 0.271 e. The number of aromatic nitrogens is 2. The van der Waals surface area contributed by atoms with E-state index in [0.29, 0.717) is 5.69 Å². The summed E-state index contributed by atoms with van der Waals surface area (Å²) in [7, 11) is 0. The van der Waals surface area contributed by atoms with Crippen molar-refractivity contribution in [3.8, 4) is 0 Å². The van der Waals surface area contributed by atoms with E-state index >= 15 is 0 Å². The first-order valence-corrected chi connectivity index (χ1v) is 7.40. The third-order valence-electron chi connectivity index (χ3n) is 3.89. The lowest BCUT2D eigenvalue weighted by Crippen LogP contribution is -2.18. The molecule has 3 rings (SSSR count). The van der Waals surface area contributed by atoms with Crippen molar-refractivity contribution < 1.29 is 9.72 Å². The minimum atomic E-state index is -0.496. The fraction of sp³-hybridized carbons (Fsp3) is 0.176. The van der Waals surface area contributed by atoms with Crippen LogP contribution in [0.25, 0.3) is 11.0 Å². The van der Waals surface area contributed by atoms with E-state index in [9.17, 15) is 14.9 Å². The normalized spacial score (nSPS) is 10.8. The first-order chi connectivity index (χ1) is 11.4. The fourth-order valence-electron chi connectivity index (χ4n) is 2.49. The van der Waals surface area contributed by atoms with Gasteiger partial charge in [0, 0.05) is 17.8 Å². The van der Waals surface area contributed by atoms with Crippen molar-refractivity contribution in [2.45, 2.75) is 20.4 Å². The molecule has 3 aromatic rings. The molecule has 0 fully saturated rings. The van der Waals surface area contributed by atoms with Crippen LogP contribution in [0.2, 0.25) is 0 Å². The van der Waals surface area contributed by atoms with E-state index in [2.05, 4.69) is 10.3 Å². The van der Waals surface area contributed by atoms with Crippen molar-refractivity contribution in [2.24, 2.45) is 0 Å². The molecule has 0 saturated carbocycles. The van der Waals surface area contributed by atoms with Gasteiger partial charge in [-0.1, -0.05) is 6.07 Å². The number of nitro benzene ring substituents is 1. The van der Waals surface area contributed by atoms with Crippen molar-refractivity contribution in [1.82, 2.24) is 9.55 Å². The SMILES string of the molecule is Cc1cc2ncn(CC(=O)Nc3cccc([N+](=O)[O-])c3)c2cc1C. The van der Waals surface area contributed by atoms with Crippen LogP contribution in [0.1, 0.15) is 11.1 Å². The summed E-state index contributed by atoms with van der Waals surface area (Å²) in [6, 6.07) is 9.84. The molecule has 0 unspecified atom stereocenters. The Morgan fingerprint density at radius 2 is 2.00 bits per heavy atom. The standard InChI is InChI=1S/C17H16N4O3/c1-11-6-15-16(7-12(11)2)20(10-18-15)9-17(22)19-13-4-3-5-14(8-13)21(23)24/h3-8,10H,9H2,1-2H3,(H,19,22). The third kappa shape index (κ3) is 3.10. The molecule has 1 heterocycles. The molecular weight excluding hydrogens is 308 g/mol. The molecule has 0 aliphatic heterocycles. The molecule has 2 aromatic carbocycles. The first kappa shape index (κ1) is 15.7. The zero-order valence-electron chi connectivity index (χ0n) is 13.3. The fourth-order valence-corrected chi connectivity index (χ4v) is 2.49. The molecular formula is C17H16N4O3. The van der Waals surface area contributed by atoms with E-state index in [0.717, 1.165) is 22.2 Å². The van der Waals surface area contributed by atoms with Crippen molar-refractivity contribution in [3.63, 3.8) is 0 Å². The second kappa shape index (κ2) is 6.11. The topological polar surface area (TPSA) is 90.1 Å². The van der Waals surface area contributed by atoms with Gasteiger partial charge in [0.15, 0.2) is 0 Å². The maximum atomic E-state index is 12.2. The van der Waals surface area contributed by atoms with Gasteiger partial charge in [0.1, 0.15) is 6.54 Å². The Bertz CT molecular complexity index is 946. The molecule has 0 aliphatic rings. The second-order valence-corrected chi connectivity index (χ2v) is 5.65. The number of hydrogen-bond acceptors (Lipinski definition) is 4. The third-order valence-corrected chi connectivity index (χ3v) is 3.89. The summed E-state index contributed by atoms with van der Waals surface area (Å²) in [6.07, 6.45) is 1.62. The molecule has 1 aromatic heterocycles. The molecule has 0 atom stereocenters. The summed E-state index contributed by atoms with van der Waals surface area (Å²) < 4.78 is 1.76. The average molecular weight is 324 g/mol. The Morgan fingerprint density at radius 3 is 2.75 bits per heavy atom. The number of non-ortho nitro benzene ring substituents is 1. The lowest BCUT2D eigenvalue weighted by Gasteiger charge is -2.07. The summed E-state index contributed by atoms with van der Waals surface area (Å²) in [4.78, 5) is 26.8. The van der Waals surface area contributed by atoms with Gasteiger partial charge in [-0.25, -0.2) is 4.98 Å². The van der Waals surface area contributed by atoms with Crippen molar-refractivity contribution >= 4 is 28.3 Å². The van der Waals surface area contributed by atoms with Gasteiger partial charge < -0.3 is 9.88 Å². The van der Waals surface area contributed by atoms with Gasteiger partial charge in [-0.2, -0.15) is 0 Å². The van der Waals surface area contributed by atoms with Crippen LogP contribution in [0, 0.1) is 24.0 Å². The van der Waals surface area contributed by atoms with Crippen molar-refractivity contribution in [3.05, 3.63) is 64.0 Å². The molecule has 1 N–H and O–H groups in total. The number of nitrogens with zero attached hydrogens (tertiary/aromatic N) is 3. The zero-order chi connectivity index (χ0) is 17.3. The average Bonchev–Trinajstić information content (AvgIpc) is 2.90. The maximum Gasteiger partial charge on any atom is 0.271 e. The Balaban J connectivity index is 1.79. The van der Waals surface area contributed by atoms with Gasteiger partial charge in [-0.05, 0) is 43.2 Å². The summed E-state index contributed by atoms with van der Waals surface area (Å²) in [5, 5.41) is 13.5. The molecule has 1 amide bonds. The van der Waals surface area contributed by atoms with E-state index in [1.807, 2.05) is 26.0 Å². The molecule has 24 heavy (non-hydrogen) atoms. The highest BCUT2D eigenvalue weighted by Gasteiger charge is 2.11. The van der Waals surface area contributed by atoms with Crippen molar-refractivity contribution in [2.75, 3.05) is 5.32 Å². The zero-order valence-corrected chi connectivity index (χ0v) is 13.3. The molecule has 7 heteroatoms. The number of nitrogens with one attached hydrogen (secondary N) is 1. The number of imidazole rings is 1. The van der Waals surface area contributed by atoms with Gasteiger partial charge >= 0.3 is 0 Å². The number of amides is 1. The number of aryl methyl sites for hydroxylation is 2. The summed E-state index contributed by atoms with van der Waals surface area (Å²) in [5.41, 5.74) is 4.32. The number of anilines is 1. The van der Waals surface area contributed by atoms with Gasteiger partial charge in [0.05, 0.1) is 22.3 Å². The van der Waals surface area contributed by atoms with E-state index in [-0.39, 0.29) is 18.1 Å². The summed E-state index contributed by atoms with van der Waals surface area (Å²) >= 11 is 0. The van der Waals surface area contributed by atoms with Gasteiger partial charge in [0.25, 0.3) is 5.69 Å². The Hall–Kier alpha value is -3.22. The summed E-state index contributed by atoms with van der Waals surface area (Å²) in [5.74, 6) is -0.270. The van der Waals surface area contributed by atoms with Gasteiger partial charge in [0.2, 0.25) is 5.91 Å². The Morgan fingerprint density at radius 1 is 1.25 bits per heavy atom. The lowest BCUT2D eigenvalue weighted by molar-refractivity contribution is -0.384. The molecule has 0 spiro atoms. The number of benzene rings is 2. The maximum absolute atomic E-state index is 12.2. The highest BCUT2D eigenvalue weighted by Crippen LogP contribution is 2.19. The van der Waals surface area contributed by atoms with E-state index in [4.69, 9.17) is 0 Å². The minimum absolute atomic E-state index is 0.0630. The quantitative estimate of drug-likeness (QED) is 0.589. The number of hydrogen-bond donors (Lipinski definition) is 1. The molecule has 0 aliphatic carbocycles. The molecule has 0 bridgehead atoms. The van der Waals surface area contributed by atoms with Crippen LogP contribution >= 0.6 is 0 Å². The number of rotatable bonds is 4. The van der Waals surface area contributed by atoms with Gasteiger partial charge in [-0.3, -0.25) is 14.9 Å². The molecule has 0 radical (unpaired) electrons. The number of carbonyl (C=O) groups excluding carboxylic acids is 1. The number of carbonyl (C=O) groups is 1. The Kier molecular flexibility index (Phi) is 3.99. The Labute approximate surface area is 138 Å². The lowest BCUT2D eigenvalue weighted by atomic mass is 10.1. The van der Waals surface area contributed by atoms with E-state index in [1.165, 1.54) is 18.2 Å². The van der Waals surface area contributed by atoms with E-state index in [1.54, 1.807) is 17.0 Å². The van der Waals surface area contributed by atoms with Crippen molar-refractivity contribution in [1.29, 1.82) is 0 Å². The molecule has 7 nitrogen and oxygen atoms in total. The van der Waals surface area contributed by atoms with Crippen LogP contribution in [0.4, 0.5) is 11.4 Å². The highest BCUT2D eigenvalue weighted by atomic mass is 16.6.